The van der Waals surface area contributed by atoms with Gasteiger partial charge >= 0.3 is 0 Å². The van der Waals surface area contributed by atoms with Crippen molar-refractivity contribution in [3.8, 4) is 0 Å². The number of nitrogens with zero attached hydrogens (tertiary/aromatic N) is 2. The zero-order valence-electron chi connectivity index (χ0n) is 11.6. The van der Waals surface area contributed by atoms with Crippen LogP contribution < -0.4 is 5.32 Å². The van der Waals surface area contributed by atoms with Crippen LogP contribution in [-0.4, -0.2) is 16.7 Å². The molecule has 1 aliphatic heterocycles. The first-order valence-corrected chi connectivity index (χ1v) is 7.53. The molecule has 1 unspecified atom stereocenters. The van der Waals surface area contributed by atoms with Gasteiger partial charge < -0.3 is 9.73 Å². The molecule has 5 heteroatoms. The van der Waals surface area contributed by atoms with Crippen molar-refractivity contribution in [3.63, 3.8) is 0 Å². The van der Waals surface area contributed by atoms with Crippen LogP contribution in [0.3, 0.4) is 0 Å². The number of aliphatic imine (C=N–C) groups is 1. The van der Waals surface area contributed by atoms with E-state index >= 15 is 0 Å². The largest absolute Gasteiger partial charge is 0.444 e. The highest BCUT2D eigenvalue weighted by Crippen LogP contribution is 2.34. The van der Waals surface area contributed by atoms with Gasteiger partial charge in [0.1, 0.15) is 5.76 Å². The molecule has 2 heterocycles. The van der Waals surface area contributed by atoms with Crippen molar-refractivity contribution in [2.45, 2.75) is 25.6 Å². The lowest BCUT2D eigenvalue weighted by atomic mass is 10.1. The highest BCUT2D eigenvalue weighted by atomic mass is 32.2. The van der Waals surface area contributed by atoms with Crippen LogP contribution in [0.25, 0.3) is 0 Å². The molecule has 0 amide bonds. The summed E-state index contributed by atoms with van der Waals surface area (Å²) < 4.78 is 5.55. The third-order valence-electron chi connectivity index (χ3n) is 3.29. The zero-order valence-corrected chi connectivity index (χ0v) is 12.4. The van der Waals surface area contributed by atoms with Crippen LogP contribution >= 0.6 is 11.8 Å². The predicted molar refractivity (Wildman–Crippen MR) is 81.9 cm³/mol. The maximum absolute atomic E-state index is 5.55. The Morgan fingerprint density at radius 3 is 2.80 bits per heavy atom. The summed E-state index contributed by atoms with van der Waals surface area (Å²) in [7, 11) is 0. The third kappa shape index (κ3) is 2.88. The van der Waals surface area contributed by atoms with Crippen molar-refractivity contribution >= 4 is 16.9 Å². The molecule has 0 fully saturated rings. The van der Waals surface area contributed by atoms with Gasteiger partial charge in [-0.15, -0.1) is 0 Å². The summed E-state index contributed by atoms with van der Waals surface area (Å²) in [6.45, 7) is 5.29. The molecule has 20 heavy (non-hydrogen) atoms. The van der Waals surface area contributed by atoms with E-state index < -0.39 is 0 Å². The molecule has 0 radical (unpaired) electrons. The SMILES string of the molecule is Cc1nc(CNC2=NCC(c3ccccc3)S2)oc1C. The van der Waals surface area contributed by atoms with E-state index in [1.807, 2.05) is 19.9 Å². The van der Waals surface area contributed by atoms with Crippen LogP contribution in [0.4, 0.5) is 0 Å². The highest BCUT2D eigenvalue weighted by Gasteiger charge is 2.21. The van der Waals surface area contributed by atoms with E-state index in [1.54, 1.807) is 11.8 Å². The van der Waals surface area contributed by atoms with Crippen LogP contribution in [0.5, 0.6) is 0 Å². The summed E-state index contributed by atoms with van der Waals surface area (Å²) in [6, 6.07) is 10.5. The molecule has 0 bridgehead atoms. The number of amidine groups is 1. The smallest absolute Gasteiger partial charge is 0.213 e. The molecule has 0 spiro atoms. The van der Waals surface area contributed by atoms with E-state index in [1.165, 1.54) is 5.56 Å². The molecule has 1 aliphatic rings. The number of rotatable bonds is 3. The van der Waals surface area contributed by atoms with Crippen molar-refractivity contribution < 1.29 is 4.42 Å². The number of hydrogen-bond donors (Lipinski definition) is 1. The Hall–Kier alpha value is -1.75. The number of oxazole rings is 1. The van der Waals surface area contributed by atoms with Gasteiger partial charge in [-0.25, -0.2) is 4.98 Å². The van der Waals surface area contributed by atoms with Gasteiger partial charge in [0.25, 0.3) is 0 Å². The highest BCUT2D eigenvalue weighted by molar-refractivity contribution is 8.14. The zero-order chi connectivity index (χ0) is 13.9. The molecule has 4 nitrogen and oxygen atoms in total. The van der Waals surface area contributed by atoms with Gasteiger partial charge in [-0.05, 0) is 19.4 Å². The molecule has 0 saturated heterocycles. The minimum absolute atomic E-state index is 0.409. The molecule has 1 atom stereocenters. The topological polar surface area (TPSA) is 50.4 Å². The second-order valence-electron chi connectivity index (χ2n) is 4.77. The summed E-state index contributed by atoms with van der Waals surface area (Å²) in [6.07, 6.45) is 0. The lowest BCUT2D eigenvalue weighted by molar-refractivity contribution is 0.465. The van der Waals surface area contributed by atoms with E-state index in [4.69, 9.17) is 4.42 Å². The molecule has 1 N–H and O–H groups in total. The number of nitrogens with one attached hydrogen (secondary N) is 1. The monoisotopic (exact) mass is 287 g/mol. The average molecular weight is 287 g/mol. The summed E-state index contributed by atoms with van der Waals surface area (Å²) >= 11 is 1.76. The standard InChI is InChI=1S/C15H17N3OS/c1-10-11(2)19-14(18-10)9-17-15-16-8-13(20-15)12-6-4-3-5-7-12/h3-7,13H,8-9H2,1-2H3,(H,16,17). The molecular formula is C15H17N3OS. The van der Waals surface area contributed by atoms with Gasteiger partial charge in [0.2, 0.25) is 5.89 Å². The van der Waals surface area contributed by atoms with E-state index in [0.29, 0.717) is 17.7 Å². The minimum atomic E-state index is 0.409. The first-order chi connectivity index (χ1) is 9.72. The maximum atomic E-state index is 5.55. The maximum Gasteiger partial charge on any atom is 0.213 e. The Kier molecular flexibility index (Phi) is 3.78. The number of benzene rings is 1. The first-order valence-electron chi connectivity index (χ1n) is 6.65. The van der Waals surface area contributed by atoms with Crippen LogP contribution in [0.1, 0.15) is 28.2 Å². The van der Waals surface area contributed by atoms with Crippen LogP contribution in [-0.2, 0) is 6.54 Å². The fourth-order valence-electron chi connectivity index (χ4n) is 2.08. The molecule has 0 aliphatic carbocycles. The molecule has 1 aromatic heterocycles. The van der Waals surface area contributed by atoms with Crippen LogP contribution in [0.15, 0.2) is 39.7 Å². The van der Waals surface area contributed by atoms with Gasteiger partial charge in [0.15, 0.2) is 5.17 Å². The van der Waals surface area contributed by atoms with Crippen LogP contribution in [0.2, 0.25) is 0 Å². The fourth-order valence-corrected chi connectivity index (χ4v) is 3.10. The average Bonchev–Trinajstić information content (AvgIpc) is 3.05. The molecule has 2 aromatic rings. The van der Waals surface area contributed by atoms with Crippen molar-refractivity contribution in [3.05, 3.63) is 53.2 Å². The normalized spacial score (nSPS) is 18.1. The van der Waals surface area contributed by atoms with Gasteiger partial charge in [-0.2, -0.15) is 0 Å². The second kappa shape index (κ2) is 5.71. The Bertz CT molecular complexity index is 602. The van der Waals surface area contributed by atoms with E-state index in [2.05, 4.69) is 39.6 Å². The number of aryl methyl sites for hydroxylation is 2. The Morgan fingerprint density at radius 1 is 1.30 bits per heavy atom. The van der Waals surface area contributed by atoms with Crippen molar-refractivity contribution in [2.24, 2.45) is 4.99 Å². The second-order valence-corrected chi connectivity index (χ2v) is 5.96. The number of hydrogen-bond acceptors (Lipinski definition) is 5. The molecule has 0 saturated carbocycles. The minimum Gasteiger partial charge on any atom is -0.444 e. The van der Waals surface area contributed by atoms with Crippen molar-refractivity contribution in [1.29, 1.82) is 0 Å². The number of thioether (sulfide) groups is 1. The lowest BCUT2D eigenvalue weighted by Gasteiger charge is -2.08. The van der Waals surface area contributed by atoms with Gasteiger partial charge in [0, 0.05) is 0 Å². The summed E-state index contributed by atoms with van der Waals surface area (Å²) in [4.78, 5) is 8.89. The molecular weight excluding hydrogens is 270 g/mol. The van der Waals surface area contributed by atoms with Crippen molar-refractivity contribution in [1.82, 2.24) is 10.3 Å². The van der Waals surface area contributed by atoms with Gasteiger partial charge in [0.05, 0.1) is 24.0 Å². The summed E-state index contributed by atoms with van der Waals surface area (Å²) in [5.41, 5.74) is 2.27. The summed E-state index contributed by atoms with van der Waals surface area (Å²) in [5, 5.41) is 4.67. The Balaban J connectivity index is 1.55. The molecule has 104 valence electrons. The third-order valence-corrected chi connectivity index (χ3v) is 4.49. The fraction of sp³-hybridized carbons (Fsp3) is 0.333. The van der Waals surface area contributed by atoms with Crippen molar-refractivity contribution in [2.75, 3.05) is 6.54 Å². The molecule has 1 aromatic carbocycles. The van der Waals surface area contributed by atoms with E-state index in [0.717, 1.165) is 23.2 Å². The quantitative estimate of drug-likeness (QED) is 0.941. The van der Waals surface area contributed by atoms with Gasteiger partial charge in [-0.1, -0.05) is 42.1 Å². The Morgan fingerprint density at radius 2 is 2.10 bits per heavy atom. The number of aromatic nitrogens is 1. The first kappa shape index (κ1) is 13.2. The lowest BCUT2D eigenvalue weighted by Crippen LogP contribution is -2.18. The molecule has 3 rings (SSSR count). The Labute approximate surface area is 122 Å². The van der Waals surface area contributed by atoms with Gasteiger partial charge in [-0.3, -0.25) is 4.99 Å². The van der Waals surface area contributed by atoms with E-state index in [-0.39, 0.29) is 0 Å². The predicted octanol–water partition coefficient (Wildman–Crippen LogP) is 3.23. The van der Waals surface area contributed by atoms with E-state index in [9.17, 15) is 0 Å². The summed E-state index contributed by atoms with van der Waals surface area (Å²) in [5.74, 6) is 1.59. The van der Waals surface area contributed by atoms with Crippen LogP contribution in [0, 0.1) is 13.8 Å².